The van der Waals surface area contributed by atoms with Crippen molar-refractivity contribution in [3.63, 3.8) is 0 Å². The number of nitrogens with zero attached hydrogens (tertiary/aromatic N) is 3. The maximum atomic E-state index is 13.4. The number of carbonyl (C=O) groups excluding carboxylic acids is 1. The maximum absolute atomic E-state index is 13.4. The number of amides is 1. The van der Waals surface area contributed by atoms with E-state index in [0.29, 0.717) is 34.9 Å². The molecule has 0 bridgehead atoms. The highest BCUT2D eigenvalue weighted by molar-refractivity contribution is 6.10. The number of hydrogen-bond donors (Lipinski definition) is 0. The molecule has 8 nitrogen and oxygen atoms in total. The number of rotatable bonds is 7. The van der Waals surface area contributed by atoms with Gasteiger partial charge >= 0.3 is 0 Å². The monoisotopic (exact) mass is 445 g/mol. The van der Waals surface area contributed by atoms with Gasteiger partial charge in [-0.15, -0.1) is 0 Å². The van der Waals surface area contributed by atoms with Crippen LogP contribution < -0.4 is 14.4 Å². The predicted molar refractivity (Wildman–Crippen MR) is 126 cm³/mol. The van der Waals surface area contributed by atoms with E-state index in [1.165, 1.54) is 19.2 Å². The summed E-state index contributed by atoms with van der Waals surface area (Å²) in [6, 6.07) is 15.8. The summed E-state index contributed by atoms with van der Waals surface area (Å²) in [7, 11) is 1.49. The number of ether oxygens (including phenoxy) is 2. The molecule has 3 aromatic carbocycles. The Morgan fingerprint density at radius 2 is 1.97 bits per heavy atom. The van der Waals surface area contributed by atoms with Gasteiger partial charge in [0.1, 0.15) is 6.61 Å². The van der Waals surface area contributed by atoms with Crippen LogP contribution in [-0.4, -0.2) is 31.2 Å². The van der Waals surface area contributed by atoms with Crippen LogP contribution in [0.1, 0.15) is 27.0 Å². The third-order valence-corrected chi connectivity index (χ3v) is 5.54. The minimum Gasteiger partial charge on any atom is -0.493 e. The molecule has 0 aromatic heterocycles. The first kappa shape index (κ1) is 22.0. The van der Waals surface area contributed by atoms with Crippen LogP contribution in [0.25, 0.3) is 0 Å². The Hall–Kier alpha value is -4.20. The molecule has 4 rings (SSSR count). The number of aliphatic imine (C=N–C) groups is 1. The predicted octanol–water partition coefficient (Wildman–Crippen LogP) is 5.03. The van der Waals surface area contributed by atoms with Crippen molar-refractivity contribution in [3.05, 3.63) is 87.0 Å². The van der Waals surface area contributed by atoms with Gasteiger partial charge in [-0.05, 0) is 48.9 Å². The van der Waals surface area contributed by atoms with Crippen molar-refractivity contribution in [2.75, 3.05) is 18.6 Å². The zero-order chi connectivity index (χ0) is 23.5. The van der Waals surface area contributed by atoms with Gasteiger partial charge < -0.3 is 14.4 Å². The van der Waals surface area contributed by atoms with Crippen molar-refractivity contribution in [2.45, 2.75) is 20.0 Å². The Labute approximate surface area is 191 Å². The normalized spacial score (nSPS) is 12.2. The first-order valence-corrected chi connectivity index (χ1v) is 10.4. The molecule has 0 aliphatic carbocycles. The van der Waals surface area contributed by atoms with E-state index in [4.69, 9.17) is 9.47 Å². The van der Waals surface area contributed by atoms with Crippen molar-refractivity contribution in [2.24, 2.45) is 4.99 Å². The minimum absolute atomic E-state index is 0.000788. The van der Waals surface area contributed by atoms with Gasteiger partial charge in [-0.25, -0.2) is 0 Å². The van der Waals surface area contributed by atoms with E-state index in [0.717, 1.165) is 23.2 Å². The van der Waals surface area contributed by atoms with E-state index < -0.39 is 4.92 Å². The molecule has 8 heteroatoms. The van der Waals surface area contributed by atoms with E-state index in [1.807, 2.05) is 30.3 Å². The number of nitro benzene ring substituents is 1. The Bertz CT molecular complexity index is 1250. The number of para-hydroxylation sites is 1. The first-order valence-electron chi connectivity index (χ1n) is 10.4. The summed E-state index contributed by atoms with van der Waals surface area (Å²) >= 11 is 0. The number of fused-ring (bicyclic) bond motifs is 1. The number of methoxy groups -OCH3 is 1. The molecule has 0 saturated heterocycles. The average Bonchev–Trinajstić information content (AvgIpc) is 3.25. The minimum atomic E-state index is -0.437. The second-order valence-electron chi connectivity index (χ2n) is 7.74. The molecule has 33 heavy (non-hydrogen) atoms. The van der Waals surface area contributed by atoms with Gasteiger partial charge in [-0.3, -0.25) is 19.9 Å². The largest absolute Gasteiger partial charge is 0.493 e. The van der Waals surface area contributed by atoms with Gasteiger partial charge in [0, 0.05) is 30.4 Å². The molecule has 1 aliphatic rings. The van der Waals surface area contributed by atoms with Crippen molar-refractivity contribution in [1.29, 1.82) is 0 Å². The molecule has 0 radical (unpaired) electrons. The van der Waals surface area contributed by atoms with Crippen LogP contribution in [0.15, 0.2) is 59.6 Å². The second kappa shape index (κ2) is 9.12. The van der Waals surface area contributed by atoms with Crippen LogP contribution >= 0.6 is 0 Å². The van der Waals surface area contributed by atoms with Gasteiger partial charge in [0.05, 0.1) is 23.3 Å². The van der Waals surface area contributed by atoms with Crippen molar-refractivity contribution in [1.82, 2.24) is 0 Å². The molecule has 0 fully saturated rings. The summed E-state index contributed by atoms with van der Waals surface area (Å²) in [6.07, 6.45) is 0.791. The topological polar surface area (TPSA) is 94.3 Å². The highest BCUT2D eigenvalue weighted by Gasteiger charge is 2.28. The van der Waals surface area contributed by atoms with Crippen molar-refractivity contribution >= 4 is 29.7 Å². The fraction of sp³-hybridized carbons (Fsp3) is 0.200. The summed E-state index contributed by atoms with van der Waals surface area (Å²) in [5, 5.41) is 11.1. The molecular formula is C25H23N3O5. The molecule has 1 amide bonds. The number of hydrogen-bond acceptors (Lipinski definition) is 6. The van der Waals surface area contributed by atoms with Crippen LogP contribution in [0.5, 0.6) is 11.5 Å². The summed E-state index contributed by atoms with van der Waals surface area (Å²) in [4.78, 5) is 29.8. The van der Waals surface area contributed by atoms with Crippen LogP contribution in [-0.2, 0) is 13.0 Å². The Kier molecular flexibility index (Phi) is 6.08. The molecule has 0 saturated carbocycles. The van der Waals surface area contributed by atoms with Crippen LogP contribution in [0.4, 0.5) is 17.1 Å². The van der Waals surface area contributed by atoms with Gasteiger partial charge in [-0.1, -0.05) is 24.3 Å². The third-order valence-electron chi connectivity index (χ3n) is 5.54. The molecule has 0 unspecified atom stereocenters. The molecule has 0 atom stereocenters. The smallest absolute Gasteiger partial charge is 0.270 e. The van der Waals surface area contributed by atoms with Gasteiger partial charge in [0.15, 0.2) is 11.5 Å². The van der Waals surface area contributed by atoms with Crippen LogP contribution in [0, 0.1) is 17.0 Å². The molecule has 0 N–H and O–H groups in total. The van der Waals surface area contributed by atoms with E-state index in [2.05, 4.69) is 11.7 Å². The lowest BCUT2D eigenvalue weighted by Crippen LogP contribution is -2.29. The Morgan fingerprint density at radius 3 is 2.70 bits per heavy atom. The van der Waals surface area contributed by atoms with Crippen molar-refractivity contribution < 1.29 is 19.2 Å². The SMILES string of the molecule is C=Nc1cc(OCc2cc(C)cc([N+](=O)[O-])c2)c(OC)cc1C(=O)N1CCc2ccccc21. The summed E-state index contributed by atoms with van der Waals surface area (Å²) in [5.74, 6) is 0.532. The van der Waals surface area contributed by atoms with Gasteiger partial charge in [0.25, 0.3) is 11.6 Å². The number of benzene rings is 3. The lowest BCUT2D eigenvalue weighted by atomic mass is 10.1. The quantitative estimate of drug-likeness (QED) is 0.289. The summed E-state index contributed by atoms with van der Waals surface area (Å²) < 4.78 is 11.4. The molecule has 1 heterocycles. The molecular weight excluding hydrogens is 422 g/mol. The van der Waals surface area contributed by atoms with Gasteiger partial charge in [-0.2, -0.15) is 0 Å². The zero-order valence-corrected chi connectivity index (χ0v) is 18.4. The summed E-state index contributed by atoms with van der Waals surface area (Å²) in [5.41, 5.74) is 4.14. The molecule has 168 valence electrons. The number of nitro groups is 1. The lowest BCUT2D eigenvalue weighted by molar-refractivity contribution is -0.385. The first-order chi connectivity index (χ1) is 15.9. The van der Waals surface area contributed by atoms with E-state index >= 15 is 0 Å². The highest BCUT2D eigenvalue weighted by Crippen LogP contribution is 2.38. The number of non-ortho nitro benzene ring substituents is 1. The van der Waals surface area contributed by atoms with Gasteiger partial charge in [0.2, 0.25) is 0 Å². The van der Waals surface area contributed by atoms with E-state index in [-0.39, 0.29) is 18.2 Å². The molecule has 0 spiro atoms. The molecule has 1 aliphatic heterocycles. The van der Waals surface area contributed by atoms with E-state index in [1.54, 1.807) is 24.0 Å². The standard InChI is InChI=1S/C25H23N3O5/c1-16-10-17(12-19(11-16)28(30)31)15-33-24-14-21(26-2)20(13-23(24)32-3)25(29)27-9-8-18-6-4-5-7-22(18)27/h4-7,10-14H,2,8-9,15H2,1,3H3. The Balaban J connectivity index is 1.62. The fourth-order valence-corrected chi connectivity index (χ4v) is 4.01. The maximum Gasteiger partial charge on any atom is 0.270 e. The third kappa shape index (κ3) is 4.41. The van der Waals surface area contributed by atoms with Crippen molar-refractivity contribution in [3.8, 4) is 11.5 Å². The zero-order valence-electron chi connectivity index (χ0n) is 18.4. The Morgan fingerprint density at radius 1 is 1.18 bits per heavy atom. The highest BCUT2D eigenvalue weighted by atomic mass is 16.6. The number of anilines is 1. The van der Waals surface area contributed by atoms with E-state index in [9.17, 15) is 14.9 Å². The average molecular weight is 445 g/mol. The molecule has 3 aromatic rings. The lowest BCUT2D eigenvalue weighted by Gasteiger charge is -2.20. The van der Waals surface area contributed by atoms with Crippen LogP contribution in [0.3, 0.4) is 0 Å². The summed E-state index contributed by atoms with van der Waals surface area (Å²) in [6.45, 7) is 6.07. The van der Waals surface area contributed by atoms with Crippen LogP contribution in [0.2, 0.25) is 0 Å². The number of aryl methyl sites for hydroxylation is 1. The second-order valence-corrected chi connectivity index (χ2v) is 7.74. The fourth-order valence-electron chi connectivity index (χ4n) is 4.01. The number of carbonyl (C=O) groups is 1.